The van der Waals surface area contributed by atoms with E-state index in [4.69, 9.17) is 0 Å². The topological polar surface area (TPSA) is 17.1 Å². The Labute approximate surface area is 112 Å². The van der Waals surface area contributed by atoms with E-state index in [1.165, 1.54) is 5.56 Å². The van der Waals surface area contributed by atoms with E-state index in [1.54, 1.807) is 0 Å². The van der Waals surface area contributed by atoms with Crippen LogP contribution in [0.1, 0.15) is 53.7 Å². The van der Waals surface area contributed by atoms with Gasteiger partial charge in [0, 0.05) is 11.5 Å². The molecule has 1 aromatic rings. The van der Waals surface area contributed by atoms with Gasteiger partial charge in [0.25, 0.3) is 0 Å². The van der Waals surface area contributed by atoms with Gasteiger partial charge in [-0.15, -0.1) is 0 Å². The molecule has 0 aliphatic rings. The van der Waals surface area contributed by atoms with Gasteiger partial charge in [-0.25, -0.2) is 0 Å². The van der Waals surface area contributed by atoms with Gasteiger partial charge in [-0.3, -0.25) is 4.79 Å². The smallest absolute Gasteiger partial charge is 0.166 e. The van der Waals surface area contributed by atoms with Crippen LogP contribution in [-0.4, -0.2) is 5.78 Å². The molecule has 0 saturated heterocycles. The molecule has 1 atom stereocenters. The maximum Gasteiger partial charge on any atom is 0.166 e. The van der Waals surface area contributed by atoms with Crippen LogP contribution in [0.3, 0.4) is 0 Å². The fourth-order valence-electron chi connectivity index (χ4n) is 2.70. The predicted octanol–water partition coefficient (Wildman–Crippen LogP) is 4.68. The molecular weight excluding hydrogens is 220 g/mol. The SMILES string of the molecule is [CH2]CC(CC(C)C)C(=O)c1c(C)cc(C)cc1C. The van der Waals surface area contributed by atoms with Crippen LogP contribution in [0.25, 0.3) is 0 Å². The van der Waals surface area contributed by atoms with Gasteiger partial charge in [-0.2, -0.15) is 0 Å². The number of hydrogen-bond donors (Lipinski definition) is 0. The lowest BCUT2D eigenvalue weighted by Gasteiger charge is -2.19. The molecule has 0 fully saturated rings. The van der Waals surface area contributed by atoms with Crippen LogP contribution < -0.4 is 0 Å². The number of aryl methyl sites for hydroxylation is 3. The summed E-state index contributed by atoms with van der Waals surface area (Å²) >= 11 is 0. The molecular formula is C17H25O. The molecule has 1 radical (unpaired) electrons. The first-order chi connectivity index (χ1) is 8.36. The molecule has 0 saturated carbocycles. The minimum absolute atomic E-state index is 0.0603. The van der Waals surface area contributed by atoms with Crippen molar-refractivity contribution >= 4 is 5.78 Å². The molecule has 0 heterocycles. The van der Waals surface area contributed by atoms with E-state index in [2.05, 4.69) is 39.8 Å². The molecule has 0 aliphatic carbocycles. The fraction of sp³-hybridized carbons (Fsp3) is 0.529. The van der Waals surface area contributed by atoms with Crippen molar-refractivity contribution in [3.8, 4) is 0 Å². The number of hydrogen-bond acceptors (Lipinski definition) is 1. The van der Waals surface area contributed by atoms with Crippen LogP contribution in [-0.2, 0) is 0 Å². The molecule has 0 aromatic heterocycles. The Bertz CT molecular complexity index is 406. The highest BCUT2D eigenvalue weighted by molar-refractivity contribution is 6.00. The molecule has 1 nitrogen and oxygen atoms in total. The lowest BCUT2D eigenvalue weighted by molar-refractivity contribution is 0.0903. The quantitative estimate of drug-likeness (QED) is 0.688. The van der Waals surface area contributed by atoms with Gasteiger partial charge in [0.2, 0.25) is 0 Å². The Hall–Kier alpha value is -1.11. The summed E-state index contributed by atoms with van der Waals surface area (Å²) in [5, 5.41) is 0. The molecule has 1 aromatic carbocycles. The van der Waals surface area contributed by atoms with Crippen molar-refractivity contribution in [2.75, 3.05) is 0 Å². The zero-order valence-corrected chi connectivity index (χ0v) is 12.3. The van der Waals surface area contributed by atoms with E-state index in [0.29, 0.717) is 12.3 Å². The minimum atomic E-state index is 0.0603. The second-order valence-electron chi connectivity index (χ2n) is 5.75. The average molecular weight is 245 g/mol. The molecule has 0 spiro atoms. The number of ketones is 1. The molecule has 0 amide bonds. The first-order valence-electron chi connectivity index (χ1n) is 6.78. The van der Waals surface area contributed by atoms with Crippen LogP contribution in [0, 0.1) is 39.5 Å². The maximum absolute atomic E-state index is 12.6. The fourth-order valence-corrected chi connectivity index (χ4v) is 2.70. The summed E-state index contributed by atoms with van der Waals surface area (Å²) in [7, 11) is 0. The molecule has 1 unspecified atom stereocenters. The van der Waals surface area contributed by atoms with Gasteiger partial charge < -0.3 is 0 Å². The number of benzene rings is 1. The third kappa shape index (κ3) is 3.44. The highest BCUT2D eigenvalue weighted by Crippen LogP contribution is 2.25. The third-order valence-corrected chi connectivity index (χ3v) is 3.40. The third-order valence-electron chi connectivity index (χ3n) is 3.40. The van der Waals surface area contributed by atoms with Crippen molar-refractivity contribution < 1.29 is 4.79 Å². The standard InChI is InChI=1S/C17H25O/c1-7-15(8-11(2)3)17(18)16-13(5)9-12(4)10-14(16)6/h9-11,15H,1,7-8H2,2-6H3. The number of Topliss-reactive ketones (excluding diaryl/α,β-unsaturated/α-hetero) is 1. The largest absolute Gasteiger partial charge is 0.294 e. The second kappa shape index (κ2) is 6.17. The first-order valence-corrected chi connectivity index (χ1v) is 6.78. The van der Waals surface area contributed by atoms with Crippen LogP contribution in [0.2, 0.25) is 0 Å². The zero-order valence-electron chi connectivity index (χ0n) is 12.3. The van der Waals surface area contributed by atoms with Gasteiger partial charge >= 0.3 is 0 Å². The van der Waals surface area contributed by atoms with Crippen LogP contribution in [0.15, 0.2) is 12.1 Å². The van der Waals surface area contributed by atoms with Crippen molar-refractivity contribution in [2.24, 2.45) is 11.8 Å². The number of carbonyl (C=O) groups is 1. The zero-order chi connectivity index (χ0) is 13.9. The summed E-state index contributed by atoms with van der Waals surface area (Å²) in [6.07, 6.45) is 1.61. The van der Waals surface area contributed by atoms with Crippen molar-refractivity contribution in [1.29, 1.82) is 0 Å². The maximum atomic E-state index is 12.6. The lowest BCUT2D eigenvalue weighted by atomic mass is 9.84. The molecule has 0 bridgehead atoms. The Kier molecular flexibility index (Phi) is 5.13. The Balaban J connectivity index is 3.09. The molecule has 1 rings (SSSR count). The van der Waals surface area contributed by atoms with Crippen molar-refractivity contribution in [3.63, 3.8) is 0 Å². The average Bonchev–Trinajstić information content (AvgIpc) is 2.23. The van der Waals surface area contributed by atoms with Crippen LogP contribution in [0.4, 0.5) is 0 Å². The van der Waals surface area contributed by atoms with Crippen LogP contribution in [0.5, 0.6) is 0 Å². The Morgan fingerprint density at radius 3 is 2.06 bits per heavy atom. The van der Waals surface area contributed by atoms with Crippen molar-refractivity contribution in [2.45, 2.75) is 47.5 Å². The van der Waals surface area contributed by atoms with Crippen LogP contribution >= 0.6 is 0 Å². The summed E-state index contributed by atoms with van der Waals surface area (Å²) < 4.78 is 0. The monoisotopic (exact) mass is 245 g/mol. The molecule has 18 heavy (non-hydrogen) atoms. The summed E-state index contributed by atoms with van der Waals surface area (Å²) in [4.78, 5) is 12.6. The van der Waals surface area contributed by atoms with E-state index >= 15 is 0 Å². The first kappa shape index (κ1) is 14.9. The highest BCUT2D eigenvalue weighted by atomic mass is 16.1. The van der Waals surface area contributed by atoms with Gasteiger partial charge in [0.05, 0.1) is 0 Å². The molecule has 1 heteroatoms. The van der Waals surface area contributed by atoms with E-state index in [1.807, 2.05) is 13.8 Å². The van der Waals surface area contributed by atoms with Gasteiger partial charge in [-0.05, 0) is 50.7 Å². The number of rotatable bonds is 5. The normalized spacial score (nSPS) is 12.8. The molecule has 99 valence electrons. The lowest BCUT2D eigenvalue weighted by Crippen LogP contribution is -2.18. The van der Waals surface area contributed by atoms with Gasteiger partial charge in [0.1, 0.15) is 0 Å². The molecule has 0 N–H and O–H groups in total. The number of carbonyl (C=O) groups excluding carboxylic acids is 1. The minimum Gasteiger partial charge on any atom is -0.294 e. The van der Waals surface area contributed by atoms with Crippen molar-refractivity contribution in [3.05, 3.63) is 41.3 Å². The summed E-state index contributed by atoms with van der Waals surface area (Å²) in [5.41, 5.74) is 4.32. The molecule has 0 aliphatic heterocycles. The summed E-state index contributed by atoms with van der Waals surface area (Å²) in [6, 6.07) is 4.19. The van der Waals surface area contributed by atoms with E-state index in [0.717, 1.165) is 23.1 Å². The van der Waals surface area contributed by atoms with Gasteiger partial charge in [0.15, 0.2) is 5.78 Å². The van der Waals surface area contributed by atoms with Gasteiger partial charge in [-0.1, -0.05) is 38.5 Å². The summed E-state index contributed by atoms with van der Waals surface area (Å²) in [6.45, 7) is 14.4. The Morgan fingerprint density at radius 2 is 1.67 bits per heavy atom. The van der Waals surface area contributed by atoms with Crippen molar-refractivity contribution in [1.82, 2.24) is 0 Å². The highest BCUT2D eigenvalue weighted by Gasteiger charge is 2.22. The predicted molar refractivity (Wildman–Crippen MR) is 77.9 cm³/mol. The Morgan fingerprint density at radius 1 is 1.17 bits per heavy atom. The second-order valence-corrected chi connectivity index (χ2v) is 5.75. The summed E-state index contributed by atoms with van der Waals surface area (Å²) in [5.74, 6) is 0.866. The van der Waals surface area contributed by atoms with E-state index in [-0.39, 0.29) is 11.7 Å². The van der Waals surface area contributed by atoms with E-state index < -0.39 is 0 Å². The van der Waals surface area contributed by atoms with E-state index in [9.17, 15) is 4.79 Å².